The lowest BCUT2D eigenvalue weighted by Crippen LogP contribution is -2.39. The fourth-order valence-electron chi connectivity index (χ4n) is 3.03. The second-order valence-corrected chi connectivity index (χ2v) is 6.63. The van der Waals surface area contributed by atoms with E-state index in [0.717, 1.165) is 0 Å². The molecule has 3 N–H and O–H groups in total. The van der Waals surface area contributed by atoms with Crippen molar-refractivity contribution in [1.82, 2.24) is 4.90 Å². The second kappa shape index (κ2) is 7.97. The average molecular weight is 395 g/mol. The monoisotopic (exact) mass is 395 g/mol. The number of benzene rings is 2. The van der Waals surface area contributed by atoms with Crippen molar-refractivity contribution in [2.24, 2.45) is 5.73 Å². The van der Waals surface area contributed by atoms with Crippen LogP contribution in [-0.4, -0.2) is 29.3 Å². The summed E-state index contributed by atoms with van der Waals surface area (Å²) in [5.41, 5.74) is 6.58. The Morgan fingerprint density at radius 3 is 2.54 bits per heavy atom. The molecular formula is C19H17F4N3O2. The summed E-state index contributed by atoms with van der Waals surface area (Å²) < 4.78 is 53.4. The quantitative estimate of drug-likeness (QED) is 0.617. The molecule has 0 saturated carbocycles. The molecule has 0 saturated heterocycles. The number of carbonyl (C=O) groups is 2. The molecule has 0 bridgehead atoms. The minimum absolute atomic E-state index is 0.0689. The largest absolute Gasteiger partial charge is 0.329 e. The van der Waals surface area contributed by atoms with Crippen LogP contribution in [0.5, 0.6) is 0 Å². The molecule has 1 atom stereocenters. The molecule has 2 amide bonds. The first kappa shape index (κ1) is 19.8. The first-order valence-corrected chi connectivity index (χ1v) is 8.48. The van der Waals surface area contributed by atoms with Crippen molar-refractivity contribution in [2.75, 3.05) is 11.9 Å². The van der Waals surface area contributed by atoms with Gasteiger partial charge < -0.3 is 16.0 Å². The number of carbonyl (C=O) groups excluding carboxylic acids is 2. The third-order valence-corrected chi connectivity index (χ3v) is 4.40. The summed E-state index contributed by atoms with van der Waals surface area (Å²) in [6.45, 7) is -0.180. The van der Waals surface area contributed by atoms with Gasteiger partial charge in [0.25, 0.3) is 0 Å². The molecule has 0 aliphatic carbocycles. The van der Waals surface area contributed by atoms with Crippen molar-refractivity contribution in [2.45, 2.75) is 25.4 Å². The van der Waals surface area contributed by atoms with Crippen LogP contribution in [0.2, 0.25) is 0 Å². The van der Waals surface area contributed by atoms with Crippen LogP contribution in [0.1, 0.15) is 17.5 Å². The number of fused-ring (bicyclic) bond motifs is 1. The predicted octanol–water partition coefficient (Wildman–Crippen LogP) is 2.48. The molecule has 0 radical (unpaired) electrons. The highest BCUT2D eigenvalue weighted by Crippen LogP contribution is 2.23. The Kier molecular flexibility index (Phi) is 5.64. The molecule has 1 aliphatic rings. The minimum Gasteiger partial charge on any atom is -0.329 e. The highest BCUT2D eigenvalue weighted by Gasteiger charge is 2.25. The fraction of sp³-hybridized carbons (Fsp3) is 0.263. The highest BCUT2D eigenvalue weighted by molar-refractivity contribution is 5.96. The number of halogens is 4. The lowest BCUT2D eigenvalue weighted by molar-refractivity contribution is -0.135. The fourth-order valence-corrected chi connectivity index (χ4v) is 3.03. The Bertz CT molecular complexity index is 936. The zero-order chi connectivity index (χ0) is 20.4. The van der Waals surface area contributed by atoms with Crippen LogP contribution in [0.15, 0.2) is 30.3 Å². The van der Waals surface area contributed by atoms with E-state index in [1.54, 1.807) is 0 Å². The molecule has 148 valence electrons. The van der Waals surface area contributed by atoms with Crippen LogP contribution < -0.4 is 11.1 Å². The van der Waals surface area contributed by atoms with Crippen molar-refractivity contribution in [3.05, 3.63) is 64.7 Å². The Morgan fingerprint density at radius 2 is 1.79 bits per heavy atom. The van der Waals surface area contributed by atoms with Gasteiger partial charge in [-0.2, -0.15) is 0 Å². The number of nitrogens with zero attached hydrogens (tertiary/aromatic N) is 1. The number of hydrogen-bond donors (Lipinski definition) is 2. The van der Waals surface area contributed by atoms with Gasteiger partial charge >= 0.3 is 0 Å². The third kappa shape index (κ3) is 4.48. The topological polar surface area (TPSA) is 75.4 Å². The van der Waals surface area contributed by atoms with Gasteiger partial charge in [-0.15, -0.1) is 0 Å². The maximum absolute atomic E-state index is 13.7. The Hall–Kier alpha value is -2.94. The molecule has 1 heterocycles. The van der Waals surface area contributed by atoms with Crippen molar-refractivity contribution < 1.29 is 27.2 Å². The van der Waals surface area contributed by atoms with E-state index in [0.29, 0.717) is 17.7 Å². The average Bonchev–Trinajstić information content (AvgIpc) is 2.77. The molecule has 5 nitrogen and oxygen atoms in total. The van der Waals surface area contributed by atoms with E-state index in [-0.39, 0.29) is 37.2 Å². The summed E-state index contributed by atoms with van der Waals surface area (Å²) in [7, 11) is 0. The molecule has 0 fully saturated rings. The molecule has 3 rings (SSSR count). The van der Waals surface area contributed by atoms with Gasteiger partial charge in [0.15, 0.2) is 11.6 Å². The van der Waals surface area contributed by atoms with Crippen molar-refractivity contribution in [3.63, 3.8) is 0 Å². The van der Waals surface area contributed by atoms with Crippen LogP contribution in [-0.2, 0) is 22.6 Å². The number of rotatable bonds is 4. The van der Waals surface area contributed by atoms with E-state index < -0.39 is 41.1 Å². The Balaban J connectivity index is 1.69. The van der Waals surface area contributed by atoms with Gasteiger partial charge in [-0.1, -0.05) is 6.07 Å². The maximum atomic E-state index is 13.7. The van der Waals surface area contributed by atoms with Gasteiger partial charge in [-0.05, 0) is 35.7 Å². The maximum Gasteiger partial charge on any atom is 0.244 e. The van der Waals surface area contributed by atoms with Gasteiger partial charge in [0.2, 0.25) is 11.8 Å². The molecule has 9 heteroatoms. The predicted molar refractivity (Wildman–Crippen MR) is 93.1 cm³/mol. The summed E-state index contributed by atoms with van der Waals surface area (Å²) in [6, 6.07) is 4.11. The number of hydrogen-bond acceptors (Lipinski definition) is 3. The molecule has 0 spiro atoms. The van der Waals surface area contributed by atoms with Crippen molar-refractivity contribution >= 4 is 17.5 Å². The standard InChI is InChI=1S/C19H17F4N3O2/c20-12-2-1-10-8-26(9-18(27)25-17(10)5-12)19(28)6-13(24)3-11-4-15(22)16(23)7-14(11)21/h1-2,4-5,7,13H,3,6,8-9,24H2,(H,25,27)/t13-/m1/s1. The van der Waals surface area contributed by atoms with Crippen LogP contribution in [0.4, 0.5) is 23.2 Å². The molecular weight excluding hydrogens is 378 g/mol. The first-order valence-electron chi connectivity index (χ1n) is 8.48. The van der Waals surface area contributed by atoms with Crippen LogP contribution in [0.3, 0.4) is 0 Å². The van der Waals surface area contributed by atoms with Crippen LogP contribution in [0, 0.1) is 23.3 Å². The van der Waals surface area contributed by atoms with E-state index >= 15 is 0 Å². The van der Waals surface area contributed by atoms with E-state index in [2.05, 4.69) is 5.32 Å². The van der Waals surface area contributed by atoms with Crippen molar-refractivity contribution in [3.8, 4) is 0 Å². The number of anilines is 1. The lowest BCUT2D eigenvalue weighted by atomic mass is 10.0. The Morgan fingerprint density at radius 1 is 1.07 bits per heavy atom. The summed E-state index contributed by atoms with van der Waals surface area (Å²) in [5, 5.41) is 2.53. The van der Waals surface area contributed by atoms with Crippen molar-refractivity contribution in [1.29, 1.82) is 0 Å². The van der Waals surface area contributed by atoms with Gasteiger partial charge in [0, 0.05) is 30.8 Å². The first-order chi connectivity index (χ1) is 13.2. The number of nitrogens with two attached hydrogens (primary N) is 1. The summed E-state index contributed by atoms with van der Waals surface area (Å²) in [5.74, 6) is -4.94. The van der Waals surface area contributed by atoms with E-state index in [1.165, 1.54) is 23.1 Å². The lowest BCUT2D eigenvalue weighted by Gasteiger charge is -2.22. The SMILES string of the molecule is N[C@@H](CC(=O)N1CC(=O)Nc2cc(F)ccc2C1)Cc1cc(F)c(F)cc1F. The van der Waals surface area contributed by atoms with Gasteiger partial charge in [-0.3, -0.25) is 9.59 Å². The van der Waals surface area contributed by atoms with E-state index in [9.17, 15) is 27.2 Å². The summed E-state index contributed by atoms with van der Waals surface area (Å²) >= 11 is 0. The normalized spacial score (nSPS) is 14.9. The van der Waals surface area contributed by atoms with Gasteiger partial charge in [0.1, 0.15) is 18.2 Å². The van der Waals surface area contributed by atoms with Crippen LogP contribution in [0.25, 0.3) is 0 Å². The zero-order valence-corrected chi connectivity index (χ0v) is 14.6. The number of amides is 2. The van der Waals surface area contributed by atoms with E-state index in [1.807, 2.05) is 0 Å². The molecule has 2 aromatic carbocycles. The molecule has 1 aliphatic heterocycles. The molecule has 0 unspecified atom stereocenters. The second-order valence-electron chi connectivity index (χ2n) is 6.63. The van der Waals surface area contributed by atoms with Gasteiger partial charge in [0.05, 0.1) is 0 Å². The molecule has 28 heavy (non-hydrogen) atoms. The third-order valence-electron chi connectivity index (χ3n) is 4.40. The number of nitrogens with one attached hydrogen (secondary N) is 1. The molecule has 0 aromatic heterocycles. The highest BCUT2D eigenvalue weighted by atomic mass is 19.2. The molecule has 2 aromatic rings. The smallest absolute Gasteiger partial charge is 0.244 e. The zero-order valence-electron chi connectivity index (χ0n) is 14.6. The summed E-state index contributed by atoms with van der Waals surface area (Å²) in [6.07, 6.45) is -0.418. The van der Waals surface area contributed by atoms with Crippen LogP contribution >= 0.6 is 0 Å². The summed E-state index contributed by atoms with van der Waals surface area (Å²) in [4.78, 5) is 25.8. The Labute approximate surface area is 158 Å². The van der Waals surface area contributed by atoms with E-state index in [4.69, 9.17) is 5.73 Å². The van der Waals surface area contributed by atoms with Gasteiger partial charge in [-0.25, -0.2) is 17.6 Å². The minimum atomic E-state index is -1.31.